The van der Waals surface area contributed by atoms with Crippen LogP contribution in [0.2, 0.25) is 0 Å². The van der Waals surface area contributed by atoms with Gasteiger partial charge in [0.1, 0.15) is 22.9 Å². The summed E-state index contributed by atoms with van der Waals surface area (Å²) in [5.74, 6) is 0.272. The number of nitrogens with zero attached hydrogens (tertiary/aromatic N) is 6. The number of likely N-dealkylation sites (tertiary alicyclic amines) is 1. The summed E-state index contributed by atoms with van der Waals surface area (Å²) in [5.41, 5.74) is 4.59. The predicted molar refractivity (Wildman–Crippen MR) is 145 cm³/mol. The van der Waals surface area contributed by atoms with Crippen molar-refractivity contribution in [2.45, 2.75) is 50.6 Å². The van der Waals surface area contributed by atoms with Gasteiger partial charge in [-0.2, -0.15) is 0 Å². The van der Waals surface area contributed by atoms with Gasteiger partial charge < -0.3 is 14.8 Å². The first-order valence-electron chi connectivity index (χ1n) is 13.9. The number of fused-ring (bicyclic) bond motifs is 1. The number of ether oxygens (including phenoxy) is 2. The molecule has 7 rings (SSSR count). The van der Waals surface area contributed by atoms with Crippen LogP contribution in [-0.4, -0.2) is 80.7 Å². The van der Waals surface area contributed by atoms with E-state index in [-0.39, 0.29) is 11.6 Å². The molecule has 3 fully saturated rings. The van der Waals surface area contributed by atoms with Crippen LogP contribution in [0, 0.1) is 12.7 Å². The molecule has 1 aliphatic carbocycles. The number of methoxy groups -OCH3 is 1. The van der Waals surface area contributed by atoms with Crippen molar-refractivity contribution in [2.75, 3.05) is 33.4 Å². The number of benzene rings is 1. The molecular weight excluding hydrogens is 513 g/mol. The maximum Gasteiger partial charge on any atom is 0.254 e. The van der Waals surface area contributed by atoms with E-state index in [1.165, 1.54) is 6.07 Å². The van der Waals surface area contributed by atoms with Crippen molar-refractivity contribution in [1.82, 2.24) is 34.6 Å². The summed E-state index contributed by atoms with van der Waals surface area (Å²) < 4.78 is 29.5. The Balaban J connectivity index is 1.19. The number of hydrogen-bond acceptors (Lipinski definition) is 7. The van der Waals surface area contributed by atoms with Crippen molar-refractivity contribution >= 4 is 11.6 Å². The molecule has 1 saturated carbocycles. The number of rotatable bonds is 7. The Morgan fingerprint density at radius 2 is 1.93 bits per heavy atom. The molecule has 1 amide bonds. The quantitative estimate of drug-likeness (QED) is 0.380. The monoisotopic (exact) mass is 545 g/mol. The van der Waals surface area contributed by atoms with E-state index < -0.39 is 11.7 Å². The van der Waals surface area contributed by atoms with Gasteiger partial charge in [0.25, 0.3) is 5.91 Å². The second-order valence-electron chi connectivity index (χ2n) is 11.1. The number of carbonyl (C=O) groups excluding carboxylic acids is 1. The van der Waals surface area contributed by atoms with Crippen molar-refractivity contribution in [3.8, 4) is 22.8 Å². The average molecular weight is 546 g/mol. The van der Waals surface area contributed by atoms with Crippen LogP contribution < -0.4 is 10.1 Å². The molecule has 10 nitrogen and oxygen atoms in total. The summed E-state index contributed by atoms with van der Waals surface area (Å²) in [7, 11) is 1.70. The number of piperidine rings is 1. The van der Waals surface area contributed by atoms with E-state index >= 15 is 0 Å². The molecule has 2 aliphatic heterocycles. The second-order valence-corrected chi connectivity index (χ2v) is 11.1. The van der Waals surface area contributed by atoms with Gasteiger partial charge in [-0.15, -0.1) is 5.10 Å². The molecule has 0 radical (unpaired) electrons. The minimum Gasteiger partial charge on any atom is -0.496 e. The molecule has 3 aromatic heterocycles. The summed E-state index contributed by atoms with van der Waals surface area (Å²) >= 11 is 0. The van der Waals surface area contributed by atoms with Gasteiger partial charge >= 0.3 is 0 Å². The highest BCUT2D eigenvalue weighted by Crippen LogP contribution is 2.37. The number of pyridine rings is 1. The van der Waals surface area contributed by atoms with Gasteiger partial charge in [-0.3, -0.25) is 14.1 Å². The molecule has 0 unspecified atom stereocenters. The Kier molecular flexibility index (Phi) is 6.27. The number of carbonyl (C=O) groups is 1. The van der Waals surface area contributed by atoms with Crippen LogP contribution in [0.1, 0.15) is 53.1 Å². The molecule has 40 heavy (non-hydrogen) atoms. The summed E-state index contributed by atoms with van der Waals surface area (Å²) in [6.07, 6.45) is 9.65. The lowest BCUT2D eigenvalue weighted by Gasteiger charge is -2.41. The number of halogens is 1. The van der Waals surface area contributed by atoms with Gasteiger partial charge in [0, 0.05) is 23.9 Å². The Morgan fingerprint density at radius 1 is 1.12 bits per heavy atom. The minimum absolute atomic E-state index is 0.00645. The maximum absolute atomic E-state index is 14.7. The number of aryl methyl sites for hydroxylation is 1. The second kappa shape index (κ2) is 9.97. The average Bonchev–Trinajstić information content (AvgIpc) is 3.44. The molecule has 4 aromatic rings. The Labute approximate surface area is 231 Å². The van der Waals surface area contributed by atoms with E-state index in [1.807, 2.05) is 10.5 Å². The highest BCUT2D eigenvalue weighted by atomic mass is 19.1. The van der Waals surface area contributed by atoms with Crippen LogP contribution in [0.5, 0.6) is 5.75 Å². The van der Waals surface area contributed by atoms with E-state index in [1.54, 1.807) is 37.2 Å². The maximum atomic E-state index is 14.7. The first kappa shape index (κ1) is 25.2. The molecule has 208 valence electrons. The number of imidazole rings is 1. The van der Waals surface area contributed by atoms with Crippen molar-refractivity contribution < 1.29 is 18.7 Å². The van der Waals surface area contributed by atoms with E-state index in [2.05, 4.69) is 31.7 Å². The van der Waals surface area contributed by atoms with Gasteiger partial charge in [0.15, 0.2) is 0 Å². The standard InChI is InChI=1S/C29H32FN7O3/c1-17-9-23(30)21(29(38)32-19-3-4-19)10-25(17)37-14-24(33-34-37)26-12-31-28-11-27(39-2)22(13-36(26)28)18-5-7-35(8-6-18)20-15-40-16-20/h9-14,18-20H,3-8,15-16H2,1-2H3,(H,32,38). The van der Waals surface area contributed by atoms with Gasteiger partial charge in [-0.05, 0) is 69.3 Å². The Morgan fingerprint density at radius 3 is 2.62 bits per heavy atom. The third kappa shape index (κ3) is 4.52. The van der Waals surface area contributed by atoms with Crippen LogP contribution >= 0.6 is 0 Å². The van der Waals surface area contributed by atoms with E-state index in [4.69, 9.17) is 9.47 Å². The number of hydrogen-bond donors (Lipinski definition) is 1. The molecule has 1 N–H and O–H groups in total. The smallest absolute Gasteiger partial charge is 0.254 e. The Hall–Kier alpha value is -3.83. The zero-order valence-corrected chi connectivity index (χ0v) is 22.6. The molecule has 11 heteroatoms. The fourth-order valence-corrected chi connectivity index (χ4v) is 5.78. The lowest BCUT2D eigenvalue weighted by atomic mass is 9.89. The lowest BCUT2D eigenvalue weighted by molar-refractivity contribution is -0.0713. The van der Waals surface area contributed by atoms with Crippen LogP contribution in [0.25, 0.3) is 22.7 Å². The fourth-order valence-electron chi connectivity index (χ4n) is 5.78. The molecule has 0 bridgehead atoms. The third-order valence-corrected chi connectivity index (χ3v) is 8.41. The number of aromatic nitrogens is 5. The highest BCUT2D eigenvalue weighted by Gasteiger charge is 2.31. The van der Waals surface area contributed by atoms with E-state index in [0.717, 1.165) is 74.6 Å². The van der Waals surface area contributed by atoms with Crippen molar-refractivity contribution in [3.05, 3.63) is 59.3 Å². The minimum atomic E-state index is -0.546. The molecular formula is C29H32FN7O3. The van der Waals surface area contributed by atoms with Crippen LogP contribution in [0.3, 0.4) is 0 Å². The molecule has 5 heterocycles. The van der Waals surface area contributed by atoms with Crippen LogP contribution in [0.15, 0.2) is 36.8 Å². The van der Waals surface area contributed by atoms with E-state index in [9.17, 15) is 9.18 Å². The molecule has 1 aromatic carbocycles. The normalized spacial score (nSPS) is 18.7. The molecule has 0 spiro atoms. The van der Waals surface area contributed by atoms with Gasteiger partial charge in [-0.25, -0.2) is 14.1 Å². The van der Waals surface area contributed by atoms with E-state index in [0.29, 0.717) is 28.9 Å². The Bertz CT molecular complexity index is 1580. The van der Waals surface area contributed by atoms with Crippen LogP contribution in [-0.2, 0) is 4.74 Å². The molecule has 2 saturated heterocycles. The number of nitrogens with one attached hydrogen (secondary N) is 1. The predicted octanol–water partition coefficient (Wildman–Crippen LogP) is 3.51. The van der Waals surface area contributed by atoms with Gasteiger partial charge in [-0.1, -0.05) is 5.21 Å². The van der Waals surface area contributed by atoms with Crippen LogP contribution in [0.4, 0.5) is 4.39 Å². The zero-order chi connectivity index (χ0) is 27.4. The van der Waals surface area contributed by atoms with Crippen molar-refractivity contribution in [1.29, 1.82) is 0 Å². The lowest BCUT2D eigenvalue weighted by Crippen LogP contribution is -2.51. The van der Waals surface area contributed by atoms with Gasteiger partial charge in [0.05, 0.1) is 55.7 Å². The van der Waals surface area contributed by atoms with Crippen molar-refractivity contribution in [2.24, 2.45) is 0 Å². The SMILES string of the molecule is COc1cc2ncc(-c3cn(-c4cc(C(=O)NC5CC5)c(F)cc4C)nn3)n2cc1C1CCN(C2COC2)CC1. The summed E-state index contributed by atoms with van der Waals surface area (Å²) in [6, 6.07) is 5.58. The van der Waals surface area contributed by atoms with Gasteiger partial charge in [0.2, 0.25) is 0 Å². The van der Waals surface area contributed by atoms with Crippen molar-refractivity contribution in [3.63, 3.8) is 0 Å². The topological polar surface area (TPSA) is 98.8 Å². The number of amides is 1. The largest absolute Gasteiger partial charge is 0.496 e. The summed E-state index contributed by atoms with van der Waals surface area (Å²) in [6.45, 7) is 5.56. The first-order valence-corrected chi connectivity index (χ1v) is 13.9. The summed E-state index contributed by atoms with van der Waals surface area (Å²) in [5, 5.41) is 11.6. The molecule has 3 aliphatic rings. The third-order valence-electron chi connectivity index (χ3n) is 8.41. The first-order chi connectivity index (χ1) is 19.5. The fraction of sp³-hybridized carbons (Fsp3) is 0.448. The molecule has 0 atom stereocenters. The zero-order valence-electron chi connectivity index (χ0n) is 22.6. The highest BCUT2D eigenvalue weighted by molar-refractivity contribution is 5.95. The summed E-state index contributed by atoms with van der Waals surface area (Å²) in [4.78, 5) is 19.7.